The quantitative estimate of drug-likeness (QED) is 0.795. The third-order valence-electron chi connectivity index (χ3n) is 3.20. The van der Waals surface area contributed by atoms with Crippen molar-refractivity contribution >= 4 is 36.2 Å². The molecule has 1 heterocycles. The third-order valence-corrected chi connectivity index (χ3v) is 4.90. The zero-order valence-corrected chi connectivity index (χ0v) is 12.2. The molecule has 3 rings (SSSR count). The minimum atomic E-state index is -0.289. The summed E-state index contributed by atoms with van der Waals surface area (Å²) in [6.45, 7) is 3.88. The van der Waals surface area contributed by atoms with Crippen molar-refractivity contribution < 1.29 is 0 Å². The Morgan fingerprint density at radius 2 is 1.89 bits per heavy atom. The predicted molar refractivity (Wildman–Crippen MR) is 87.9 cm³/mol. The van der Waals surface area contributed by atoms with Crippen molar-refractivity contribution in [3.05, 3.63) is 66.2 Å². The molecule has 0 spiro atoms. The Bertz CT molecular complexity index is 597. The van der Waals surface area contributed by atoms with Crippen molar-refractivity contribution in [2.45, 2.75) is 15.5 Å². The molecule has 1 unspecified atom stereocenters. The van der Waals surface area contributed by atoms with Crippen LogP contribution in [0.25, 0.3) is 6.08 Å². The molecule has 1 aliphatic heterocycles. The van der Waals surface area contributed by atoms with Gasteiger partial charge in [-0.1, -0.05) is 60.8 Å². The highest BCUT2D eigenvalue weighted by atomic mass is 32.2. The second-order valence-corrected chi connectivity index (χ2v) is 6.99. The molecular formula is C16H15NS2. The van der Waals surface area contributed by atoms with E-state index < -0.39 is 0 Å². The van der Waals surface area contributed by atoms with E-state index in [1.807, 2.05) is 18.2 Å². The molecule has 1 atom stereocenters. The lowest BCUT2D eigenvalue weighted by molar-refractivity contribution is 0.912. The van der Waals surface area contributed by atoms with Gasteiger partial charge in [-0.25, -0.2) is 0 Å². The molecule has 0 amide bonds. The van der Waals surface area contributed by atoms with Crippen LogP contribution in [0, 0.1) is 0 Å². The van der Waals surface area contributed by atoms with E-state index >= 15 is 0 Å². The third kappa shape index (κ3) is 2.53. The Morgan fingerprint density at radius 1 is 1.16 bits per heavy atom. The van der Waals surface area contributed by atoms with Crippen molar-refractivity contribution in [2.75, 3.05) is 5.32 Å². The van der Waals surface area contributed by atoms with Gasteiger partial charge in [-0.15, -0.1) is 12.6 Å². The SMILES string of the molecule is C=Cc1ccccc1CC1(S)Nc2ccccc2S1. The fraction of sp³-hybridized carbons (Fsp3) is 0.125. The maximum absolute atomic E-state index is 4.84. The van der Waals surface area contributed by atoms with Gasteiger partial charge in [0.25, 0.3) is 0 Å². The first-order chi connectivity index (χ1) is 9.20. The second kappa shape index (κ2) is 4.99. The predicted octanol–water partition coefficient (Wildman–Crippen LogP) is 4.67. The average molecular weight is 285 g/mol. The van der Waals surface area contributed by atoms with E-state index in [1.165, 1.54) is 21.7 Å². The molecule has 2 aromatic carbocycles. The van der Waals surface area contributed by atoms with Crippen LogP contribution in [-0.2, 0) is 6.42 Å². The van der Waals surface area contributed by atoms with E-state index in [1.54, 1.807) is 11.8 Å². The van der Waals surface area contributed by atoms with Crippen LogP contribution in [0.4, 0.5) is 5.69 Å². The fourth-order valence-electron chi connectivity index (χ4n) is 2.31. The van der Waals surface area contributed by atoms with Gasteiger partial charge in [-0.2, -0.15) is 0 Å². The van der Waals surface area contributed by atoms with Crippen LogP contribution in [0.15, 0.2) is 60.0 Å². The van der Waals surface area contributed by atoms with Gasteiger partial charge in [-0.3, -0.25) is 0 Å². The number of hydrogen-bond donors (Lipinski definition) is 2. The van der Waals surface area contributed by atoms with Gasteiger partial charge in [-0.05, 0) is 23.3 Å². The topological polar surface area (TPSA) is 12.0 Å². The summed E-state index contributed by atoms with van der Waals surface area (Å²) >= 11 is 6.61. The number of hydrogen-bond acceptors (Lipinski definition) is 3. The van der Waals surface area contributed by atoms with Gasteiger partial charge in [0.1, 0.15) is 4.20 Å². The summed E-state index contributed by atoms with van der Waals surface area (Å²) < 4.78 is -0.289. The molecule has 1 N–H and O–H groups in total. The number of nitrogens with one attached hydrogen (secondary N) is 1. The zero-order chi connectivity index (χ0) is 13.3. The summed E-state index contributed by atoms with van der Waals surface area (Å²) in [6.07, 6.45) is 2.75. The Kier molecular flexibility index (Phi) is 3.33. The van der Waals surface area contributed by atoms with E-state index in [2.05, 4.69) is 48.3 Å². The normalized spacial score (nSPS) is 20.7. The number of rotatable bonds is 3. The van der Waals surface area contributed by atoms with Crippen molar-refractivity contribution in [2.24, 2.45) is 0 Å². The van der Waals surface area contributed by atoms with Gasteiger partial charge in [0, 0.05) is 17.0 Å². The monoisotopic (exact) mass is 285 g/mol. The standard InChI is InChI=1S/C16H15NS2/c1-2-12-7-3-4-8-13(12)11-16(18)17-14-9-5-6-10-15(14)19-16/h2-10,17-18H,1,11H2. The number of thioether (sulfide) groups is 1. The summed E-state index contributed by atoms with van der Waals surface area (Å²) in [5, 5.41) is 3.50. The summed E-state index contributed by atoms with van der Waals surface area (Å²) in [4.78, 5) is 1.26. The molecule has 1 aliphatic rings. The van der Waals surface area contributed by atoms with Gasteiger partial charge in [0.05, 0.1) is 0 Å². The lowest BCUT2D eigenvalue weighted by Gasteiger charge is -2.24. The first kappa shape index (κ1) is 12.7. The van der Waals surface area contributed by atoms with Crippen LogP contribution in [0.1, 0.15) is 11.1 Å². The zero-order valence-electron chi connectivity index (χ0n) is 10.5. The number of fused-ring (bicyclic) bond motifs is 1. The van der Waals surface area contributed by atoms with E-state index in [0.717, 1.165) is 6.42 Å². The van der Waals surface area contributed by atoms with Crippen LogP contribution in [-0.4, -0.2) is 4.20 Å². The van der Waals surface area contributed by atoms with Crippen LogP contribution < -0.4 is 5.32 Å². The molecule has 0 saturated heterocycles. The first-order valence-corrected chi connectivity index (χ1v) is 7.45. The molecular weight excluding hydrogens is 270 g/mol. The number of para-hydroxylation sites is 1. The Hall–Kier alpha value is -1.32. The molecule has 2 aromatic rings. The highest BCUT2D eigenvalue weighted by Gasteiger charge is 2.34. The molecule has 19 heavy (non-hydrogen) atoms. The van der Waals surface area contributed by atoms with Crippen molar-refractivity contribution in [3.8, 4) is 0 Å². The van der Waals surface area contributed by atoms with Crippen LogP contribution >= 0.6 is 24.4 Å². The minimum Gasteiger partial charge on any atom is -0.361 e. The van der Waals surface area contributed by atoms with Gasteiger partial charge >= 0.3 is 0 Å². The lowest BCUT2D eigenvalue weighted by atomic mass is 10.0. The Labute approximate surface area is 123 Å². The summed E-state index contributed by atoms with van der Waals surface area (Å²) in [5.74, 6) is 0. The van der Waals surface area contributed by atoms with E-state index in [9.17, 15) is 0 Å². The number of anilines is 1. The Balaban J connectivity index is 1.87. The summed E-state index contributed by atoms with van der Waals surface area (Å²) in [6, 6.07) is 16.7. The first-order valence-electron chi connectivity index (χ1n) is 6.19. The van der Waals surface area contributed by atoms with Crippen LogP contribution in [0.3, 0.4) is 0 Å². The maximum Gasteiger partial charge on any atom is 0.136 e. The fourth-order valence-corrected chi connectivity index (χ4v) is 4.02. The van der Waals surface area contributed by atoms with Crippen LogP contribution in [0.5, 0.6) is 0 Å². The van der Waals surface area contributed by atoms with Gasteiger partial charge in [0.2, 0.25) is 0 Å². The molecule has 0 fully saturated rings. The van der Waals surface area contributed by atoms with Gasteiger partial charge < -0.3 is 5.32 Å². The molecule has 3 heteroatoms. The molecule has 0 radical (unpaired) electrons. The molecule has 0 bridgehead atoms. The van der Waals surface area contributed by atoms with E-state index in [4.69, 9.17) is 12.6 Å². The maximum atomic E-state index is 4.84. The summed E-state index contributed by atoms with van der Waals surface area (Å²) in [7, 11) is 0. The van der Waals surface area contributed by atoms with Crippen molar-refractivity contribution in [1.82, 2.24) is 0 Å². The number of benzene rings is 2. The van der Waals surface area contributed by atoms with E-state index in [-0.39, 0.29) is 4.20 Å². The molecule has 0 aliphatic carbocycles. The number of thiol groups is 1. The van der Waals surface area contributed by atoms with E-state index in [0.29, 0.717) is 0 Å². The molecule has 1 nitrogen and oxygen atoms in total. The summed E-state index contributed by atoms with van der Waals surface area (Å²) in [5.41, 5.74) is 3.60. The average Bonchev–Trinajstić information content (AvgIpc) is 2.75. The highest BCUT2D eigenvalue weighted by Crippen LogP contribution is 2.49. The smallest absolute Gasteiger partial charge is 0.136 e. The molecule has 96 valence electrons. The molecule has 0 saturated carbocycles. The van der Waals surface area contributed by atoms with Crippen LogP contribution in [0.2, 0.25) is 0 Å². The van der Waals surface area contributed by atoms with Crippen molar-refractivity contribution in [1.29, 1.82) is 0 Å². The lowest BCUT2D eigenvalue weighted by Crippen LogP contribution is -2.26. The van der Waals surface area contributed by atoms with Crippen molar-refractivity contribution in [3.63, 3.8) is 0 Å². The minimum absolute atomic E-state index is 0.289. The Morgan fingerprint density at radius 3 is 2.68 bits per heavy atom. The largest absolute Gasteiger partial charge is 0.361 e. The molecule has 0 aromatic heterocycles. The highest BCUT2D eigenvalue weighted by molar-refractivity contribution is 8.12. The second-order valence-electron chi connectivity index (χ2n) is 4.59. The van der Waals surface area contributed by atoms with Gasteiger partial charge in [0.15, 0.2) is 0 Å².